The Morgan fingerprint density at radius 2 is 1.57 bits per heavy atom. The van der Waals surface area contributed by atoms with Crippen LogP contribution in [0.3, 0.4) is 0 Å². The Morgan fingerprint density at radius 3 is 2.13 bits per heavy atom. The van der Waals surface area contributed by atoms with Gasteiger partial charge in [0.1, 0.15) is 0 Å². The molecule has 0 N–H and O–H groups in total. The van der Waals surface area contributed by atoms with E-state index in [9.17, 15) is 0 Å². The molecule has 2 fully saturated rings. The van der Waals surface area contributed by atoms with Crippen molar-refractivity contribution in [2.75, 3.05) is 39.3 Å². The van der Waals surface area contributed by atoms with Crippen LogP contribution in [0.5, 0.6) is 0 Å². The van der Waals surface area contributed by atoms with Crippen LogP contribution >= 0.6 is 0 Å². The second-order valence-corrected chi connectivity index (χ2v) is 9.36. The highest BCUT2D eigenvalue weighted by atomic mass is 16.7. The highest BCUT2D eigenvalue weighted by Crippen LogP contribution is 2.34. The van der Waals surface area contributed by atoms with Crippen LogP contribution < -0.4 is 0 Å². The molecule has 0 saturated carbocycles. The fraction of sp³-hybridized carbons (Fsp3) is 1.00. The third kappa shape index (κ3) is 6.69. The zero-order valence-corrected chi connectivity index (χ0v) is 16.2. The van der Waals surface area contributed by atoms with E-state index in [0.717, 1.165) is 38.6 Å². The fourth-order valence-corrected chi connectivity index (χ4v) is 3.67. The van der Waals surface area contributed by atoms with Crippen LogP contribution in [0.25, 0.3) is 0 Å². The SMILES string of the molecule is CC(C)(C)ON1CCC(OCCN2CCC(C(C)(C)C)CC2)C1. The molecule has 1 unspecified atom stereocenters. The molecule has 2 rings (SSSR count). The van der Waals surface area contributed by atoms with Crippen molar-refractivity contribution < 1.29 is 9.57 Å². The molecular weight excluding hydrogens is 288 g/mol. The van der Waals surface area contributed by atoms with Crippen LogP contribution in [0.4, 0.5) is 0 Å². The Balaban J connectivity index is 1.58. The second kappa shape index (κ2) is 7.81. The number of hydrogen-bond acceptors (Lipinski definition) is 4. The molecule has 0 aromatic heterocycles. The third-order valence-electron chi connectivity index (χ3n) is 5.08. The van der Waals surface area contributed by atoms with E-state index in [2.05, 4.69) is 51.5 Å². The molecule has 2 aliphatic rings. The quantitative estimate of drug-likeness (QED) is 0.771. The average molecular weight is 327 g/mol. The van der Waals surface area contributed by atoms with Crippen molar-refractivity contribution >= 4 is 0 Å². The van der Waals surface area contributed by atoms with E-state index in [1.165, 1.54) is 25.9 Å². The molecule has 2 aliphatic heterocycles. The number of ether oxygens (including phenoxy) is 1. The highest BCUT2D eigenvalue weighted by Gasteiger charge is 2.29. The zero-order chi connectivity index (χ0) is 17.1. The maximum Gasteiger partial charge on any atom is 0.0815 e. The molecule has 0 aromatic rings. The number of nitrogens with zero attached hydrogens (tertiary/aromatic N) is 2. The number of piperidine rings is 1. The molecule has 136 valence electrons. The topological polar surface area (TPSA) is 24.9 Å². The summed E-state index contributed by atoms with van der Waals surface area (Å²) < 4.78 is 6.08. The summed E-state index contributed by atoms with van der Waals surface area (Å²) in [6, 6.07) is 0. The molecule has 2 saturated heterocycles. The van der Waals surface area contributed by atoms with Crippen molar-refractivity contribution in [2.24, 2.45) is 11.3 Å². The van der Waals surface area contributed by atoms with Gasteiger partial charge in [-0.15, -0.1) is 0 Å². The molecule has 0 radical (unpaired) electrons. The predicted molar refractivity (Wildman–Crippen MR) is 95.4 cm³/mol. The maximum absolute atomic E-state index is 6.08. The molecule has 4 nitrogen and oxygen atoms in total. The van der Waals surface area contributed by atoms with Gasteiger partial charge in [-0.1, -0.05) is 20.8 Å². The minimum Gasteiger partial charge on any atom is -0.375 e. The Hall–Kier alpha value is -0.160. The normalized spacial score (nSPS) is 26.1. The Bertz CT molecular complexity index is 349. The van der Waals surface area contributed by atoms with Gasteiger partial charge in [0.15, 0.2) is 0 Å². The maximum atomic E-state index is 6.08. The molecule has 0 amide bonds. The van der Waals surface area contributed by atoms with Crippen LogP contribution in [-0.4, -0.2) is 61.0 Å². The number of hydrogen-bond donors (Lipinski definition) is 0. The molecular formula is C19H38N2O2. The summed E-state index contributed by atoms with van der Waals surface area (Å²) in [6.07, 6.45) is 4.09. The van der Waals surface area contributed by atoms with Gasteiger partial charge in [-0.05, 0) is 64.5 Å². The van der Waals surface area contributed by atoms with Gasteiger partial charge in [0, 0.05) is 13.1 Å². The minimum absolute atomic E-state index is 0.105. The van der Waals surface area contributed by atoms with E-state index in [4.69, 9.17) is 9.57 Å². The van der Waals surface area contributed by atoms with Crippen molar-refractivity contribution in [1.29, 1.82) is 0 Å². The summed E-state index contributed by atoms with van der Waals surface area (Å²) >= 11 is 0. The van der Waals surface area contributed by atoms with Gasteiger partial charge in [0.05, 0.1) is 24.9 Å². The summed E-state index contributed by atoms with van der Waals surface area (Å²) in [5, 5.41) is 2.07. The standard InChI is InChI=1S/C19H38N2O2/c1-18(2,3)16-7-10-20(11-8-16)13-14-22-17-9-12-21(15-17)23-19(4,5)6/h16-17H,7-15H2,1-6H3. The summed E-state index contributed by atoms with van der Waals surface area (Å²) in [5.41, 5.74) is 0.356. The lowest BCUT2D eigenvalue weighted by molar-refractivity contribution is -0.220. The zero-order valence-electron chi connectivity index (χ0n) is 16.2. The lowest BCUT2D eigenvalue weighted by atomic mass is 9.75. The number of likely N-dealkylation sites (tertiary alicyclic amines) is 1. The van der Waals surface area contributed by atoms with Crippen LogP contribution in [0.2, 0.25) is 0 Å². The lowest BCUT2D eigenvalue weighted by Crippen LogP contribution is -2.40. The lowest BCUT2D eigenvalue weighted by Gasteiger charge is -2.38. The van der Waals surface area contributed by atoms with Crippen molar-refractivity contribution in [3.05, 3.63) is 0 Å². The Morgan fingerprint density at radius 1 is 0.913 bits per heavy atom. The van der Waals surface area contributed by atoms with E-state index in [1.54, 1.807) is 0 Å². The molecule has 4 heteroatoms. The van der Waals surface area contributed by atoms with Gasteiger partial charge < -0.3 is 9.64 Å². The molecule has 0 aliphatic carbocycles. The third-order valence-corrected chi connectivity index (χ3v) is 5.08. The van der Waals surface area contributed by atoms with Crippen LogP contribution in [0, 0.1) is 11.3 Å². The van der Waals surface area contributed by atoms with E-state index in [-0.39, 0.29) is 5.60 Å². The summed E-state index contributed by atoms with van der Waals surface area (Å²) in [6.45, 7) is 19.7. The molecule has 0 bridgehead atoms. The average Bonchev–Trinajstić information content (AvgIpc) is 2.83. The first-order valence-electron chi connectivity index (χ1n) is 9.41. The number of rotatable bonds is 5. The predicted octanol–water partition coefficient (Wildman–Crippen LogP) is 3.57. The van der Waals surface area contributed by atoms with Gasteiger partial charge in [0.25, 0.3) is 0 Å². The van der Waals surface area contributed by atoms with E-state index in [0.29, 0.717) is 11.5 Å². The fourth-order valence-electron chi connectivity index (χ4n) is 3.67. The molecule has 0 spiro atoms. The van der Waals surface area contributed by atoms with Crippen LogP contribution in [0.1, 0.15) is 60.8 Å². The molecule has 23 heavy (non-hydrogen) atoms. The summed E-state index contributed by atoms with van der Waals surface area (Å²) in [5.74, 6) is 0.873. The van der Waals surface area contributed by atoms with Gasteiger partial charge in [-0.3, -0.25) is 4.84 Å². The smallest absolute Gasteiger partial charge is 0.0815 e. The number of hydroxylamine groups is 2. The van der Waals surface area contributed by atoms with Gasteiger partial charge in [0.2, 0.25) is 0 Å². The minimum atomic E-state index is -0.105. The van der Waals surface area contributed by atoms with E-state index >= 15 is 0 Å². The monoisotopic (exact) mass is 326 g/mol. The van der Waals surface area contributed by atoms with Gasteiger partial charge >= 0.3 is 0 Å². The second-order valence-electron chi connectivity index (χ2n) is 9.36. The summed E-state index contributed by atoms with van der Waals surface area (Å²) in [4.78, 5) is 8.48. The Kier molecular flexibility index (Phi) is 6.51. The van der Waals surface area contributed by atoms with Crippen molar-refractivity contribution in [3.8, 4) is 0 Å². The van der Waals surface area contributed by atoms with E-state index in [1.807, 2.05) is 0 Å². The highest BCUT2D eigenvalue weighted by molar-refractivity contribution is 4.80. The Labute approximate surface area is 143 Å². The molecule has 2 heterocycles. The van der Waals surface area contributed by atoms with Gasteiger partial charge in [-0.25, -0.2) is 0 Å². The largest absolute Gasteiger partial charge is 0.375 e. The summed E-state index contributed by atoms with van der Waals surface area (Å²) in [7, 11) is 0. The molecule has 0 aromatic carbocycles. The van der Waals surface area contributed by atoms with Crippen molar-refractivity contribution in [1.82, 2.24) is 9.96 Å². The van der Waals surface area contributed by atoms with Crippen molar-refractivity contribution in [2.45, 2.75) is 72.5 Å². The van der Waals surface area contributed by atoms with Crippen molar-refractivity contribution in [3.63, 3.8) is 0 Å². The van der Waals surface area contributed by atoms with E-state index < -0.39 is 0 Å². The van der Waals surface area contributed by atoms with Crippen LogP contribution in [0.15, 0.2) is 0 Å². The first-order valence-corrected chi connectivity index (χ1v) is 9.41. The van der Waals surface area contributed by atoms with Gasteiger partial charge in [-0.2, -0.15) is 5.06 Å². The molecule has 1 atom stereocenters. The van der Waals surface area contributed by atoms with Crippen LogP contribution in [-0.2, 0) is 9.57 Å². The first kappa shape index (κ1) is 19.2. The first-order chi connectivity index (χ1) is 10.6.